The average molecular weight is 459 g/mol. The molecule has 4 heterocycles. The zero-order valence-corrected chi connectivity index (χ0v) is 20.5. The summed E-state index contributed by atoms with van der Waals surface area (Å²) in [6.45, 7) is 15.4. The lowest BCUT2D eigenvalue weighted by molar-refractivity contribution is 0.0751. The third kappa shape index (κ3) is 4.52. The lowest BCUT2D eigenvalue weighted by Crippen LogP contribution is -2.49. The van der Waals surface area contributed by atoms with Gasteiger partial charge in [-0.05, 0) is 26.8 Å². The number of thiophene rings is 1. The van der Waals surface area contributed by atoms with Crippen LogP contribution in [0, 0.1) is 6.92 Å². The molecule has 0 N–H and O–H groups in total. The fourth-order valence-electron chi connectivity index (χ4n) is 3.75. The molecule has 0 spiro atoms. The Morgan fingerprint density at radius 2 is 1.77 bits per heavy atom. The summed E-state index contributed by atoms with van der Waals surface area (Å²) in [4.78, 5) is 35.4. The summed E-state index contributed by atoms with van der Waals surface area (Å²) in [5.41, 5.74) is 0.988. The van der Waals surface area contributed by atoms with Crippen LogP contribution < -0.4 is 9.80 Å². The van der Waals surface area contributed by atoms with Gasteiger partial charge in [-0.25, -0.2) is 15.0 Å². The summed E-state index contributed by atoms with van der Waals surface area (Å²) >= 11 is 3.18. The lowest BCUT2D eigenvalue weighted by Gasteiger charge is -2.35. The van der Waals surface area contributed by atoms with E-state index in [-0.39, 0.29) is 5.91 Å². The number of hydrogen-bond acceptors (Lipinski definition) is 8. The van der Waals surface area contributed by atoms with E-state index in [2.05, 4.69) is 42.5 Å². The maximum Gasteiger partial charge on any atom is 0.264 e. The Kier molecular flexibility index (Phi) is 6.43. The maximum absolute atomic E-state index is 13.1. The number of fused-ring (bicyclic) bond motifs is 1. The number of carbonyl (C=O) groups excluding carboxylic acids is 1. The summed E-state index contributed by atoms with van der Waals surface area (Å²) in [6.07, 6.45) is 0. The first kappa shape index (κ1) is 22.0. The normalized spacial score (nSPS) is 14.6. The molecule has 9 heteroatoms. The van der Waals surface area contributed by atoms with E-state index in [0.29, 0.717) is 19.0 Å². The van der Waals surface area contributed by atoms with Gasteiger partial charge >= 0.3 is 0 Å². The molecule has 0 aliphatic carbocycles. The van der Waals surface area contributed by atoms with Crippen LogP contribution in [-0.2, 0) is 0 Å². The smallest absolute Gasteiger partial charge is 0.264 e. The van der Waals surface area contributed by atoms with Gasteiger partial charge in [0.1, 0.15) is 16.5 Å². The van der Waals surface area contributed by atoms with Gasteiger partial charge in [0.2, 0.25) is 0 Å². The van der Waals surface area contributed by atoms with Crippen LogP contribution >= 0.6 is 22.7 Å². The summed E-state index contributed by atoms with van der Waals surface area (Å²) < 4.78 is 1.10. The average Bonchev–Trinajstić information content (AvgIpc) is 3.33. The molecule has 1 aliphatic rings. The van der Waals surface area contributed by atoms with Gasteiger partial charge in [-0.1, -0.05) is 25.2 Å². The van der Waals surface area contributed by atoms with E-state index in [1.54, 1.807) is 11.3 Å². The number of carbonyl (C=O) groups is 1. The number of aromatic nitrogens is 3. The van der Waals surface area contributed by atoms with Gasteiger partial charge in [0.15, 0.2) is 5.13 Å². The van der Waals surface area contributed by atoms with Crippen molar-refractivity contribution in [2.45, 2.75) is 40.5 Å². The van der Waals surface area contributed by atoms with Crippen LogP contribution in [0.25, 0.3) is 9.53 Å². The Morgan fingerprint density at radius 1 is 1.06 bits per heavy atom. The van der Waals surface area contributed by atoms with E-state index in [4.69, 9.17) is 9.97 Å². The Hall–Kier alpha value is -2.26. The van der Waals surface area contributed by atoms with Crippen LogP contribution in [0.5, 0.6) is 0 Å². The molecule has 3 aromatic rings. The van der Waals surface area contributed by atoms with Crippen molar-refractivity contribution in [3.63, 3.8) is 0 Å². The zero-order chi connectivity index (χ0) is 22.1. The Balaban J connectivity index is 1.43. The van der Waals surface area contributed by atoms with Crippen molar-refractivity contribution >= 4 is 49.1 Å². The second kappa shape index (κ2) is 9.08. The van der Waals surface area contributed by atoms with E-state index in [1.165, 1.54) is 11.3 Å². The zero-order valence-electron chi connectivity index (χ0n) is 18.9. The Morgan fingerprint density at radius 3 is 2.39 bits per heavy atom. The number of anilines is 2. The number of piperazine rings is 1. The van der Waals surface area contributed by atoms with Crippen molar-refractivity contribution < 1.29 is 4.79 Å². The molecular formula is C22H30N6OS2. The summed E-state index contributed by atoms with van der Waals surface area (Å²) in [5, 5.41) is 1.04. The van der Waals surface area contributed by atoms with E-state index in [0.717, 1.165) is 63.1 Å². The topological polar surface area (TPSA) is 65.5 Å². The molecule has 0 bridgehead atoms. The van der Waals surface area contributed by atoms with Crippen molar-refractivity contribution in [2.75, 3.05) is 49.1 Å². The molecule has 1 aliphatic heterocycles. The van der Waals surface area contributed by atoms with Crippen LogP contribution in [0.3, 0.4) is 0 Å². The summed E-state index contributed by atoms with van der Waals surface area (Å²) in [5.74, 6) is 2.25. The first-order chi connectivity index (χ1) is 14.9. The van der Waals surface area contributed by atoms with E-state index in [1.807, 2.05) is 24.0 Å². The molecular weight excluding hydrogens is 428 g/mol. The monoisotopic (exact) mass is 458 g/mol. The molecule has 1 amide bonds. The van der Waals surface area contributed by atoms with Crippen LogP contribution in [0.15, 0.2) is 12.1 Å². The fraction of sp³-hybridized carbons (Fsp3) is 0.545. The summed E-state index contributed by atoms with van der Waals surface area (Å²) in [7, 11) is 0. The highest BCUT2D eigenvalue weighted by atomic mass is 32.1. The first-order valence-electron chi connectivity index (χ1n) is 10.9. The number of aryl methyl sites for hydroxylation is 1. The molecule has 4 rings (SSSR count). The highest BCUT2D eigenvalue weighted by Crippen LogP contribution is 2.35. The standard InChI is InChI=1S/C22H30N6OS2/c1-6-26(7-2)22-25-20-16(31-22)13-17(30-20)21(29)28-10-8-27(9-11-28)18-12-15(5)23-19(24-18)14(3)4/h12-14H,6-11H2,1-5H3. The minimum Gasteiger partial charge on any atom is -0.353 e. The SMILES string of the molecule is CCN(CC)c1nc2sc(C(=O)N3CCN(c4cc(C)nc(C(C)C)n4)CC3)cc2s1. The Bertz CT molecular complexity index is 1030. The molecule has 0 radical (unpaired) electrons. The highest BCUT2D eigenvalue weighted by molar-refractivity contribution is 7.29. The largest absolute Gasteiger partial charge is 0.353 e. The number of rotatable bonds is 6. The van der Waals surface area contributed by atoms with Crippen LogP contribution in [0.2, 0.25) is 0 Å². The second-order valence-electron chi connectivity index (χ2n) is 8.11. The first-order valence-corrected chi connectivity index (χ1v) is 12.6. The molecule has 7 nitrogen and oxygen atoms in total. The minimum atomic E-state index is 0.112. The highest BCUT2D eigenvalue weighted by Gasteiger charge is 2.25. The summed E-state index contributed by atoms with van der Waals surface area (Å²) in [6, 6.07) is 4.05. The maximum atomic E-state index is 13.1. The minimum absolute atomic E-state index is 0.112. The van der Waals surface area contributed by atoms with Gasteiger partial charge in [-0.2, -0.15) is 0 Å². The van der Waals surface area contributed by atoms with Crippen LogP contribution in [-0.4, -0.2) is 65.0 Å². The van der Waals surface area contributed by atoms with Gasteiger partial charge in [0, 0.05) is 56.9 Å². The molecule has 0 saturated carbocycles. The predicted molar refractivity (Wildman–Crippen MR) is 130 cm³/mol. The number of nitrogens with zero attached hydrogens (tertiary/aromatic N) is 6. The number of thiazole rings is 1. The quantitative estimate of drug-likeness (QED) is 0.546. The van der Waals surface area contributed by atoms with Crippen LogP contribution in [0.4, 0.5) is 10.9 Å². The van der Waals surface area contributed by atoms with Crippen molar-refractivity contribution in [3.8, 4) is 0 Å². The Labute approximate surface area is 191 Å². The number of hydrogen-bond donors (Lipinski definition) is 0. The van der Waals surface area contributed by atoms with Gasteiger partial charge in [0.05, 0.1) is 9.58 Å². The van der Waals surface area contributed by atoms with Crippen molar-refractivity contribution in [3.05, 3.63) is 28.5 Å². The molecule has 0 atom stereocenters. The van der Waals surface area contributed by atoms with E-state index in [9.17, 15) is 4.79 Å². The third-order valence-corrected chi connectivity index (χ3v) is 7.80. The van der Waals surface area contributed by atoms with E-state index < -0.39 is 0 Å². The van der Waals surface area contributed by atoms with Crippen molar-refractivity contribution in [1.29, 1.82) is 0 Å². The molecule has 166 valence electrons. The van der Waals surface area contributed by atoms with E-state index >= 15 is 0 Å². The molecule has 3 aromatic heterocycles. The van der Waals surface area contributed by atoms with Crippen molar-refractivity contribution in [2.24, 2.45) is 0 Å². The molecule has 1 saturated heterocycles. The lowest BCUT2D eigenvalue weighted by atomic mass is 10.2. The second-order valence-corrected chi connectivity index (χ2v) is 10.1. The van der Waals surface area contributed by atoms with Crippen molar-refractivity contribution in [1.82, 2.24) is 19.9 Å². The fourth-order valence-corrected chi connectivity index (χ4v) is 6.05. The predicted octanol–water partition coefficient (Wildman–Crippen LogP) is 4.39. The molecule has 31 heavy (non-hydrogen) atoms. The van der Waals surface area contributed by atoms with Gasteiger partial charge in [0.25, 0.3) is 5.91 Å². The van der Waals surface area contributed by atoms with Gasteiger partial charge < -0.3 is 14.7 Å². The molecule has 1 fully saturated rings. The van der Waals surface area contributed by atoms with Gasteiger partial charge in [-0.15, -0.1) is 11.3 Å². The van der Waals surface area contributed by atoms with Gasteiger partial charge in [-0.3, -0.25) is 4.79 Å². The third-order valence-electron chi connectivity index (χ3n) is 5.59. The molecule has 0 unspecified atom stereocenters. The number of amides is 1. The molecule has 0 aromatic carbocycles. The van der Waals surface area contributed by atoms with Crippen LogP contribution in [0.1, 0.15) is 54.8 Å².